The minimum Gasteiger partial charge on any atom is -0.393 e. The minimum absolute atomic E-state index is 0.0565. The summed E-state index contributed by atoms with van der Waals surface area (Å²) in [7, 11) is 0. The van der Waals surface area contributed by atoms with Gasteiger partial charge in [0.15, 0.2) is 11.4 Å². The molecule has 2 saturated carbocycles. The first-order valence-corrected chi connectivity index (χ1v) is 9.54. The Morgan fingerprint density at radius 2 is 1.93 bits per heavy atom. The van der Waals surface area contributed by atoms with E-state index < -0.39 is 70.9 Å². The normalized spacial score (nSPS) is 57.6. The van der Waals surface area contributed by atoms with E-state index in [4.69, 9.17) is 4.74 Å². The standard InChI is InChI=1S/C20H28O8/c1-8(2)17(25)6-10(4)19(26)11-5-9(3)13(22)20(11,27)16(24)18(7-21)15(28-18)12(19)14(17)23/h5,10-12,14-16,21,23-27H,1,6-7H2,2-4H3/t10-,11+,12-,14-,15?,16-,17-,18+,19+,20-/m1/s1. The van der Waals surface area contributed by atoms with Crippen molar-refractivity contribution in [1.29, 1.82) is 0 Å². The van der Waals surface area contributed by atoms with Gasteiger partial charge in [-0.15, -0.1) is 0 Å². The van der Waals surface area contributed by atoms with E-state index in [1.54, 1.807) is 13.8 Å². The van der Waals surface area contributed by atoms with Gasteiger partial charge in [-0.1, -0.05) is 19.6 Å². The fourth-order valence-electron chi connectivity index (χ4n) is 6.05. The predicted molar refractivity (Wildman–Crippen MR) is 95.9 cm³/mol. The maximum atomic E-state index is 12.8. The van der Waals surface area contributed by atoms with Crippen molar-refractivity contribution >= 4 is 5.78 Å². The van der Waals surface area contributed by atoms with Crippen LogP contribution in [0.15, 0.2) is 23.8 Å². The van der Waals surface area contributed by atoms with Crippen molar-refractivity contribution in [3.8, 4) is 0 Å². The van der Waals surface area contributed by atoms with Crippen molar-refractivity contribution in [2.24, 2.45) is 17.8 Å². The van der Waals surface area contributed by atoms with E-state index in [1.807, 2.05) is 0 Å². The van der Waals surface area contributed by atoms with Gasteiger partial charge in [-0.05, 0) is 37.3 Å². The lowest BCUT2D eigenvalue weighted by Crippen LogP contribution is -2.70. The summed E-state index contributed by atoms with van der Waals surface area (Å²) in [5, 5.41) is 66.5. The molecule has 1 heterocycles. The van der Waals surface area contributed by atoms with Crippen LogP contribution in [0.2, 0.25) is 0 Å². The van der Waals surface area contributed by atoms with Gasteiger partial charge >= 0.3 is 0 Å². The molecule has 0 radical (unpaired) electrons. The summed E-state index contributed by atoms with van der Waals surface area (Å²) in [4.78, 5) is 12.8. The van der Waals surface area contributed by atoms with E-state index in [1.165, 1.54) is 13.0 Å². The second-order valence-corrected chi connectivity index (χ2v) is 9.20. The molecule has 0 amide bonds. The van der Waals surface area contributed by atoms with Gasteiger partial charge in [0.2, 0.25) is 0 Å². The first-order chi connectivity index (χ1) is 12.8. The molecule has 4 aliphatic rings. The Labute approximate surface area is 162 Å². The van der Waals surface area contributed by atoms with Crippen LogP contribution in [0.1, 0.15) is 27.2 Å². The topological polar surface area (TPSA) is 151 Å². The number of carbonyl (C=O) groups is 1. The van der Waals surface area contributed by atoms with E-state index in [0.29, 0.717) is 5.57 Å². The summed E-state index contributed by atoms with van der Waals surface area (Å²) >= 11 is 0. The van der Waals surface area contributed by atoms with Gasteiger partial charge in [-0.2, -0.15) is 0 Å². The van der Waals surface area contributed by atoms with E-state index in [2.05, 4.69) is 6.58 Å². The predicted octanol–water partition coefficient (Wildman–Crippen LogP) is -1.58. The van der Waals surface area contributed by atoms with Crippen LogP contribution in [0.5, 0.6) is 0 Å². The highest BCUT2D eigenvalue weighted by molar-refractivity contribution is 6.05. The highest BCUT2D eigenvalue weighted by Gasteiger charge is 2.82. The van der Waals surface area contributed by atoms with Gasteiger partial charge in [-0.25, -0.2) is 0 Å². The second-order valence-electron chi connectivity index (χ2n) is 9.20. The van der Waals surface area contributed by atoms with Crippen molar-refractivity contribution < 1.29 is 40.2 Å². The Bertz CT molecular complexity index is 793. The van der Waals surface area contributed by atoms with E-state index in [9.17, 15) is 35.4 Å². The first kappa shape index (κ1) is 20.2. The van der Waals surface area contributed by atoms with Gasteiger partial charge in [0, 0.05) is 11.8 Å². The van der Waals surface area contributed by atoms with Gasteiger partial charge in [0.25, 0.3) is 0 Å². The lowest BCUT2D eigenvalue weighted by molar-refractivity contribution is -0.247. The zero-order valence-electron chi connectivity index (χ0n) is 16.2. The van der Waals surface area contributed by atoms with Crippen molar-refractivity contribution in [3.63, 3.8) is 0 Å². The summed E-state index contributed by atoms with van der Waals surface area (Å²) in [5.74, 6) is -3.84. The van der Waals surface area contributed by atoms with Crippen LogP contribution < -0.4 is 0 Å². The van der Waals surface area contributed by atoms with E-state index in [0.717, 1.165) is 0 Å². The molecule has 0 aromatic heterocycles. The number of ketones is 1. The molecule has 1 unspecified atom stereocenters. The number of epoxide rings is 1. The molecule has 10 atom stereocenters. The van der Waals surface area contributed by atoms with Crippen LogP contribution in [0.25, 0.3) is 0 Å². The summed E-state index contributed by atoms with van der Waals surface area (Å²) < 4.78 is 5.59. The molecule has 1 aliphatic heterocycles. The quantitative estimate of drug-likeness (QED) is 0.242. The third-order valence-corrected chi connectivity index (χ3v) is 7.84. The summed E-state index contributed by atoms with van der Waals surface area (Å²) in [6.45, 7) is 7.74. The number of hydrogen-bond donors (Lipinski definition) is 6. The summed E-state index contributed by atoms with van der Waals surface area (Å²) in [6, 6.07) is 0. The van der Waals surface area contributed by atoms with Crippen molar-refractivity contribution in [1.82, 2.24) is 0 Å². The molecule has 28 heavy (non-hydrogen) atoms. The van der Waals surface area contributed by atoms with Gasteiger partial charge < -0.3 is 35.4 Å². The largest absolute Gasteiger partial charge is 0.393 e. The molecular formula is C20H28O8. The number of hydrogen-bond acceptors (Lipinski definition) is 8. The number of Topliss-reactive ketones (excluding diaryl/α,β-unsaturated/α-hetero) is 1. The van der Waals surface area contributed by atoms with Crippen LogP contribution in [0.4, 0.5) is 0 Å². The monoisotopic (exact) mass is 396 g/mol. The van der Waals surface area contributed by atoms with Crippen LogP contribution in [-0.2, 0) is 9.53 Å². The number of carbonyl (C=O) groups excluding carboxylic acids is 1. The Balaban J connectivity index is 1.97. The molecule has 1 saturated heterocycles. The van der Waals surface area contributed by atoms with Crippen LogP contribution >= 0.6 is 0 Å². The third kappa shape index (κ3) is 1.92. The molecule has 0 spiro atoms. The Hall–Kier alpha value is -1.13. The lowest BCUT2D eigenvalue weighted by Gasteiger charge is -2.56. The number of fused-ring (bicyclic) bond motifs is 5. The van der Waals surface area contributed by atoms with Gasteiger partial charge in [0.1, 0.15) is 23.4 Å². The van der Waals surface area contributed by atoms with Crippen LogP contribution in [-0.4, -0.2) is 83.7 Å². The fraction of sp³-hybridized carbons (Fsp3) is 0.750. The molecule has 8 heteroatoms. The van der Waals surface area contributed by atoms with Gasteiger partial charge in [0.05, 0.1) is 18.3 Å². The minimum atomic E-state index is -2.41. The number of aliphatic hydroxyl groups is 6. The molecule has 6 N–H and O–H groups in total. The molecule has 8 nitrogen and oxygen atoms in total. The van der Waals surface area contributed by atoms with E-state index >= 15 is 0 Å². The second kappa shape index (κ2) is 5.51. The number of rotatable bonds is 2. The highest BCUT2D eigenvalue weighted by Crippen LogP contribution is 2.65. The molecule has 4 rings (SSSR count). The molecule has 156 valence electrons. The summed E-state index contributed by atoms with van der Waals surface area (Å²) in [6.07, 6.45) is -3.05. The maximum absolute atomic E-state index is 12.8. The number of aliphatic hydroxyl groups excluding tert-OH is 3. The molecule has 0 aromatic carbocycles. The maximum Gasteiger partial charge on any atom is 0.193 e. The molecule has 0 bridgehead atoms. The molecule has 0 aromatic rings. The number of ether oxygens (including phenoxy) is 1. The average molecular weight is 396 g/mol. The molecular weight excluding hydrogens is 368 g/mol. The zero-order valence-corrected chi connectivity index (χ0v) is 16.2. The molecule has 3 aliphatic carbocycles. The van der Waals surface area contributed by atoms with E-state index in [-0.39, 0.29) is 12.0 Å². The zero-order chi connectivity index (χ0) is 21.0. The highest BCUT2D eigenvalue weighted by atomic mass is 16.6. The first-order valence-electron chi connectivity index (χ1n) is 9.54. The Kier molecular flexibility index (Phi) is 3.97. The lowest BCUT2D eigenvalue weighted by atomic mass is 9.54. The average Bonchev–Trinajstić information content (AvgIpc) is 3.32. The Morgan fingerprint density at radius 1 is 1.32 bits per heavy atom. The van der Waals surface area contributed by atoms with Crippen LogP contribution in [0, 0.1) is 17.8 Å². The fourth-order valence-corrected chi connectivity index (χ4v) is 6.05. The smallest absolute Gasteiger partial charge is 0.193 e. The van der Waals surface area contributed by atoms with Crippen molar-refractivity contribution in [2.45, 2.75) is 67.9 Å². The SMILES string of the molecule is C=C(C)[C@]1(O)C[C@@H](C)[C@]2(O)[C@@H]3C=C(C)C(=O)[C@@]3(O)[C@H](O)[C@@]3(CO)OC3[C@H]2[C@H]1O. The van der Waals surface area contributed by atoms with Gasteiger partial charge in [-0.3, -0.25) is 4.79 Å². The summed E-state index contributed by atoms with van der Waals surface area (Å²) in [5.41, 5.74) is -7.24. The molecule has 3 fully saturated rings. The van der Waals surface area contributed by atoms with Crippen molar-refractivity contribution in [3.05, 3.63) is 23.8 Å². The Morgan fingerprint density at radius 3 is 2.46 bits per heavy atom. The third-order valence-electron chi connectivity index (χ3n) is 7.84. The van der Waals surface area contributed by atoms with Crippen LogP contribution in [0.3, 0.4) is 0 Å². The van der Waals surface area contributed by atoms with Crippen molar-refractivity contribution in [2.75, 3.05) is 6.61 Å².